The first-order valence-corrected chi connectivity index (χ1v) is 9.00. The van der Waals surface area contributed by atoms with Gasteiger partial charge in [0.25, 0.3) is 5.91 Å². The quantitative estimate of drug-likeness (QED) is 0.421. The molecule has 0 bridgehead atoms. The smallest absolute Gasteiger partial charge is 0.342 e. The Morgan fingerprint density at radius 3 is 2.48 bits per heavy atom. The fourth-order valence-corrected chi connectivity index (χ4v) is 2.89. The molecule has 0 aliphatic carbocycles. The number of nitrogens with one attached hydrogen (secondary N) is 1. The van der Waals surface area contributed by atoms with Gasteiger partial charge in [0.2, 0.25) is 0 Å². The molecule has 2 aromatic carbocycles. The van der Waals surface area contributed by atoms with Crippen molar-refractivity contribution in [3.05, 3.63) is 58.1 Å². The molecule has 0 saturated carbocycles. The number of thioether (sulfide) groups is 1. The topological polar surface area (TPSA) is 75.6 Å². The summed E-state index contributed by atoms with van der Waals surface area (Å²) in [5.41, 5.74) is -0.0846. The standard InChI is InChI=1S/C17H15Cl2NO4S/c18-11-1-4-13(5-2-11)25-8-7-20-16(22)10-24-17(23)14-9-12(19)3-6-15(14)21/h1-6,9,21H,7-8,10H2,(H,20,22). The highest BCUT2D eigenvalue weighted by molar-refractivity contribution is 7.99. The summed E-state index contributed by atoms with van der Waals surface area (Å²) in [5, 5.41) is 13.2. The third kappa shape index (κ3) is 6.49. The number of phenols is 1. The van der Waals surface area contributed by atoms with Crippen LogP contribution in [-0.4, -0.2) is 35.9 Å². The molecule has 0 spiro atoms. The number of hydrogen-bond donors (Lipinski definition) is 2. The minimum absolute atomic E-state index is 0.0846. The van der Waals surface area contributed by atoms with Gasteiger partial charge in [-0.3, -0.25) is 4.79 Å². The molecule has 2 N–H and O–H groups in total. The number of ether oxygens (including phenoxy) is 1. The monoisotopic (exact) mass is 399 g/mol. The number of hydrogen-bond acceptors (Lipinski definition) is 5. The van der Waals surface area contributed by atoms with Crippen molar-refractivity contribution < 1.29 is 19.4 Å². The summed E-state index contributed by atoms with van der Waals surface area (Å²) < 4.78 is 4.86. The lowest BCUT2D eigenvalue weighted by molar-refractivity contribution is -0.124. The molecule has 0 aliphatic rings. The van der Waals surface area contributed by atoms with Crippen molar-refractivity contribution in [3.8, 4) is 5.75 Å². The number of carbonyl (C=O) groups excluding carboxylic acids is 2. The Bertz CT molecular complexity index is 753. The lowest BCUT2D eigenvalue weighted by Crippen LogP contribution is -2.30. The van der Waals surface area contributed by atoms with Gasteiger partial charge in [0.1, 0.15) is 11.3 Å². The van der Waals surface area contributed by atoms with Crippen molar-refractivity contribution in [1.82, 2.24) is 5.32 Å². The van der Waals surface area contributed by atoms with Crippen LogP contribution in [0.4, 0.5) is 0 Å². The minimum Gasteiger partial charge on any atom is -0.507 e. The van der Waals surface area contributed by atoms with E-state index >= 15 is 0 Å². The predicted octanol–water partition coefficient (Wildman–Crippen LogP) is 3.76. The van der Waals surface area contributed by atoms with Crippen molar-refractivity contribution >= 4 is 46.8 Å². The van der Waals surface area contributed by atoms with Crippen LogP contribution in [0.1, 0.15) is 10.4 Å². The Morgan fingerprint density at radius 2 is 1.76 bits per heavy atom. The molecule has 5 nitrogen and oxygen atoms in total. The summed E-state index contributed by atoms with van der Waals surface area (Å²) in [4.78, 5) is 24.6. The van der Waals surface area contributed by atoms with Gasteiger partial charge < -0.3 is 15.2 Å². The van der Waals surface area contributed by atoms with E-state index in [4.69, 9.17) is 27.9 Å². The zero-order valence-electron chi connectivity index (χ0n) is 13.0. The van der Waals surface area contributed by atoms with Crippen molar-refractivity contribution in [1.29, 1.82) is 0 Å². The van der Waals surface area contributed by atoms with Crippen molar-refractivity contribution in [2.45, 2.75) is 4.90 Å². The third-order valence-corrected chi connectivity index (χ3v) is 4.52. The molecule has 0 unspecified atom stereocenters. The van der Waals surface area contributed by atoms with E-state index in [2.05, 4.69) is 5.32 Å². The van der Waals surface area contributed by atoms with Crippen LogP contribution in [0.2, 0.25) is 10.0 Å². The van der Waals surface area contributed by atoms with E-state index in [1.54, 1.807) is 23.9 Å². The van der Waals surface area contributed by atoms with E-state index in [1.165, 1.54) is 18.2 Å². The average molecular weight is 400 g/mol. The van der Waals surface area contributed by atoms with E-state index in [1.807, 2.05) is 12.1 Å². The van der Waals surface area contributed by atoms with Crippen LogP contribution in [0.5, 0.6) is 5.75 Å². The molecule has 0 heterocycles. The highest BCUT2D eigenvalue weighted by Crippen LogP contribution is 2.22. The maximum absolute atomic E-state index is 11.8. The van der Waals surface area contributed by atoms with Crippen LogP contribution in [0.25, 0.3) is 0 Å². The molecule has 8 heteroatoms. The summed E-state index contributed by atoms with van der Waals surface area (Å²) in [6, 6.07) is 11.4. The largest absolute Gasteiger partial charge is 0.507 e. The van der Waals surface area contributed by atoms with Gasteiger partial charge in [-0.05, 0) is 42.5 Å². The molecule has 0 fully saturated rings. The SMILES string of the molecule is O=C(COC(=O)c1cc(Cl)ccc1O)NCCSc1ccc(Cl)cc1. The maximum atomic E-state index is 11.8. The van der Waals surface area contributed by atoms with Gasteiger partial charge in [-0.15, -0.1) is 11.8 Å². The molecule has 2 rings (SSSR count). The lowest BCUT2D eigenvalue weighted by Gasteiger charge is -2.08. The molecular formula is C17H15Cl2NO4S. The van der Waals surface area contributed by atoms with Gasteiger partial charge in [0.15, 0.2) is 6.61 Å². The molecule has 0 aliphatic heterocycles. The average Bonchev–Trinajstić information content (AvgIpc) is 2.60. The Labute approximate surface area is 159 Å². The Hall–Kier alpha value is -1.89. The van der Waals surface area contributed by atoms with Crippen LogP contribution >= 0.6 is 35.0 Å². The molecule has 0 atom stereocenters. The van der Waals surface area contributed by atoms with E-state index in [0.717, 1.165) is 4.90 Å². The minimum atomic E-state index is -0.814. The molecular weight excluding hydrogens is 385 g/mol. The molecule has 0 saturated heterocycles. The van der Waals surface area contributed by atoms with Gasteiger partial charge in [0, 0.05) is 27.2 Å². The fourth-order valence-electron chi connectivity index (χ4n) is 1.82. The Kier molecular flexibility index (Phi) is 7.43. The highest BCUT2D eigenvalue weighted by atomic mass is 35.5. The van der Waals surface area contributed by atoms with Gasteiger partial charge in [-0.25, -0.2) is 4.79 Å². The van der Waals surface area contributed by atoms with Crippen LogP contribution in [0.15, 0.2) is 47.4 Å². The second-order valence-electron chi connectivity index (χ2n) is 4.89. The number of amides is 1. The summed E-state index contributed by atoms with van der Waals surface area (Å²) in [7, 11) is 0. The third-order valence-electron chi connectivity index (χ3n) is 3.02. The van der Waals surface area contributed by atoms with E-state index < -0.39 is 18.5 Å². The van der Waals surface area contributed by atoms with Crippen molar-refractivity contribution in [2.24, 2.45) is 0 Å². The van der Waals surface area contributed by atoms with Crippen LogP contribution in [-0.2, 0) is 9.53 Å². The van der Waals surface area contributed by atoms with E-state index in [9.17, 15) is 14.7 Å². The first-order chi connectivity index (χ1) is 12.0. The van der Waals surface area contributed by atoms with Crippen molar-refractivity contribution in [3.63, 3.8) is 0 Å². The zero-order chi connectivity index (χ0) is 18.2. The number of phenolic OH excluding ortho intramolecular Hbond substituents is 1. The number of aromatic hydroxyl groups is 1. The zero-order valence-corrected chi connectivity index (χ0v) is 15.3. The number of halogens is 2. The van der Waals surface area contributed by atoms with Gasteiger partial charge in [0.05, 0.1) is 0 Å². The Morgan fingerprint density at radius 1 is 1.08 bits per heavy atom. The molecule has 132 valence electrons. The van der Waals surface area contributed by atoms with Crippen LogP contribution < -0.4 is 5.32 Å². The summed E-state index contributed by atoms with van der Waals surface area (Å²) in [6.45, 7) is -0.0114. The lowest BCUT2D eigenvalue weighted by atomic mass is 10.2. The summed E-state index contributed by atoms with van der Waals surface area (Å²) >= 11 is 13.1. The van der Waals surface area contributed by atoms with Crippen LogP contribution in [0.3, 0.4) is 0 Å². The fraction of sp³-hybridized carbons (Fsp3) is 0.176. The number of benzene rings is 2. The Balaban J connectivity index is 1.69. The first kappa shape index (κ1) is 19.4. The second kappa shape index (κ2) is 9.56. The second-order valence-corrected chi connectivity index (χ2v) is 6.93. The highest BCUT2D eigenvalue weighted by Gasteiger charge is 2.14. The molecule has 0 aromatic heterocycles. The van der Waals surface area contributed by atoms with Gasteiger partial charge >= 0.3 is 5.97 Å². The van der Waals surface area contributed by atoms with Gasteiger partial charge in [-0.1, -0.05) is 23.2 Å². The van der Waals surface area contributed by atoms with Crippen molar-refractivity contribution in [2.75, 3.05) is 18.9 Å². The van der Waals surface area contributed by atoms with E-state index in [0.29, 0.717) is 17.3 Å². The number of esters is 1. The van der Waals surface area contributed by atoms with E-state index in [-0.39, 0.29) is 16.3 Å². The van der Waals surface area contributed by atoms with Gasteiger partial charge in [-0.2, -0.15) is 0 Å². The normalized spacial score (nSPS) is 10.3. The predicted molar refractivity (Wildman–Crippen MR) is 98.6 cm³/mol. The van der Waals surface area contributed by atoms with Crippen LogP contribution in [0, 0.1) is 0 Å². The number of rotatable bonds is 7. The first-order valence-electron chi connectivity index (χ1n) is 7.26. The molecule has 25 heavy (non-hydrogen) atoms. The number of carbonyl (C=O) groups is 2. The molecule has 2 aromatic rings. The maximum Gasteiger partial charge on any atom is 0.342 e. The summed E-state index contributed by atoms with van der Waals surface area (Å²) in [6.07, 6.45) is 0. The summed E-state index contributed by atoms with van der Waals surface area (Å²) in [5.74, 6) is -0.831. The molecule has 0 radical (unpaired) electrons. The molecule has 1 amide bonds.